The van der Waals surface area contributed by atoms with E-state index in [-0.39, 0.29) is 11.0 Å². The minimum atomic E-state index is -0.542. The Bertz CT molecular complexity index is 758. The number of thiazole rings is 1. The Labute approximate surface area is 164 Å². The molecule has 0 atom stereocenters. The van der Waals surface area contributed by atoms with Gasteiger partial charge in [-0.05, 0) is 56.1 Å². The first-order chi connectivity index (χ1) is 12.3. The molecule has 7 heteroatoms. The Morgan fingerprint density at radius 1 is 1.35 bits per heavy atom. The smallest absolute Gasteiger partial charge is 0.231 e. The van der Waals surface area contributed by atoms with Crippen molar-refractivity contribution in [2.75, 3.05) is 11.9 Å². The number of nitrogens with one attached hydrogen (secondary N) is 2. The van der Waals surface area contributed by atoms with Crippen molar-refractivity contribution in [1.82, 2.24) is 10.3 Å². The van der Waals surface area contributed by atoms with Gasteiger partial charge in [-0.1, -0.05) is 26.0 Å². The summed E-state index contributed by atoms with van der Waals surface area (Å²) >= 11 is 6.60. The largest absolute Gasteiger partial charge is 0.493 e. The summed E-state index contributed by atoms with van der Waals surface area (Å²) in [7, 11) is 0. The van der Waals surface area contributed by atoms with E-state index in [1.807, 2.05) is 39.1 Å². The van der Waals surface area contributed by atoms with Gasteiger partial charge in [0.15, 0.2) is 10.2 Å². The van der Waals surface area contributed by atoms with E-state index in [4.69, 9.17) is 17.0 Å². The highest BCUT2D eigenvalue weighted by Crippen LogP contribution is 2.24. The third-order valence-corrected chi connectivity index (χ3v) is 4.93. The first-order valence-corrected chi connectivity index (χ1v) is 9.79. The molecule has 26 heavy (non-hydrogen) atoms. The van der Waals surface area contributed by atoms with Crippen LogP contribution in [0, 0.1) is 19.3 Å². The Balaban J connectivity index is 1.77. The summed E-state index contributed by atoms with van der Waals surface area (Å²) in [5.41, 5.74) is 1.75. The van der Waals surface area contributed by atoms with Gasteiger partial charge in [-0.25, -0.2) is 4.98 Å². The van der Waals surface area contributed by atoms with Crippen molar-refractivity contribution in [2.24, 2.45) is 5.41 Å². The zero-order chi connectivity index (χ0) is 19.2. The quantitative estimate of drug-likeness (QED) is 0.539. The molecule has 0 aliphatic rings. The van der Waals surface area contributed by atoms with Crippen LogP contribution in [0.25, 0.3) is 0 Å². The van der Waals surface area contributed by atoms with Crippen LogP contribution in [-0.2, 0) is 4.79 Å². The average Bonchev–Trinajstić information content (AvgIpc) is 3.07. The molecule has 2 N–H and O–H groups in total. The second kappa shape index (κ2) is 9.09. The van der Waals surface area contributed by atoms with E-state index >= 15 is 0 Å². The second-order valence-electron chi connectivity index (χ2n) is 6.85. The van der Waals surface area contributed by atoms with Crippen LogP contribution in [0.3, 0.4) is 0 Å². The van der Waals surface area contributed by atoms with Gasteiger partial charge in [0.2, 0.25) is 5.91 Å². The van der Waals surface area contributed by atoms with E-state index in [0.29, 0.717) is 18.2 Å². The van der Waals surface area contributed by atoms with Gasteiger partial charge in [-0.2, -0.15) is 0 Å². The summed E-state index contributed by atoms with van der Waals surface area (Å²) in [6.07, 6.45) is 3.15. The number of carbonyl (C=O) groups is 1. The summed E-state index contributed by atoms with van der Waals surface area (Å²) in [4.78, 5) is 16.6. The lowest BCUT2D eigenvalue weighted by atomic mass is 9.87. The third-order valence-electron chi connectivity index (χ3n) is 4.04. The fraction of sp³-hybridized carbons (Fsp3) is 0.421. The number of hydrogen-bond acceptors (Lipinski definition) is 5. The molecule has 0 radical (unpaired) electrons. The van der Waals surface area contributed by atoms with Crippen LogP contribution >= 0.6 is 23.6 Å². The summed E-state index contributed by atoms with van der Waals surface area (Å²) in [5, 5.41) is 8.42. The number of nitrogens with zero attached hydrogens (tertiary/aromatic N) is 1. The normalized spacial score (nSPS) is 11.1. The van der Waals surface area contributed by atoms with Crippen LogP contribution in [0.15, 0.2) is 29.8 Å². The summed E-state index contributed by atoms with van der Waals surface area (Å²) < 4.78 is 5.87. The summed E-state index contributed by atoms with van der Waals surface area (Å²) in [6, 6.07) is 6.16. The molecule has 0 aliphatic carbocycles. The highest BCUT2D eigenvalue weighted by atomic mass is 32.1. The Morgan fingerprint density at radius 3 is 2.81 bits per heavy atom. The minimum Gasteiger partial charge on any atom is -0.493 e. The molecule has 2 rings (SSSR count). The third kappa shape index (κ3) is 6.07. The van der Waals surface area contributed by atoms with Crippen LogP contribution in [0.4, 0.5) is 5.13 Å². The number of anilines is 1. The zero-order valence-electron chi connectivity index (χ0n) is 15.6. The lowest BCUT2D eigenvalue weighted by Crippen LogP contribution is -2.42. The molecular weight excluding hydrogens is 366 g/mol. The molecule has 0 spiro atoms. The van der Waals surface area contributed by atoms with E-state index in [2.05, 4.69) is 27.8 Å². The van der Waals surface area contributed by atoms with Crippen LogP contribution in [0.2, 0.25) is 0 Å². The molecule has 0 bridgehead atoms. The fourth-order valence-corrected chi connectivity index (χ4v) is 3.15. The molecule has 140 valence electrons. The van der Waals surface area contributed by atoms with E-state index in [0.717, 1.165) is 17.7 Å². The number of aromatic nitrogens is 1. The molecule has 1 aromatic carbocycles. The predicted molar refractivity (Wildman–Crippen MR) is 111 cm³/mol. The maximum atomic E-state index is 12.5. The van der Waals surface area contributed by atoms with E-state index < -0.39 is 5.41 Å². The van der Waals surface area contributed by atoms with E-state index in [1.54, 1.807) is 6.20 Å². The number of rotatable bonds is 7. The van der Waals surface area contributed by atoms with E-state index in [9.17, 15) is 4.79 Å². The van der Waals surface area contributed by atoms with Gasteiger partial charge < -0.3 is 15.4 Å². The number of hydrogen-bond donors (Lipinski definition) is 2. The van der Waals surface area contributed by atoms with Crippen LogP contribution < -0.4 is 15.4 Å². The Hall–Kier alpha value is -1.99. The molecule has 1 heterocycles. The molecule has 0 saturated carbocycles. The lowest BCUT2D eigenvalue weighted by Gasteiger charge is -2.23. The van der Waals surface area contributed by atoms with Crippen LogP contribution in [-0.4, -0.2) is 22.6 Å². The van der Waals surface area contributed by atoms with Crippen molar-refractivity contribution in [3.8, 4) is 5.75 Å². The van der Waals surface area contributed by atoms with Gasteiger partial charge in [-0.3, -0.25) is 4.79 Å². The fourth-order valence-electron chi connectivity index (χ4n) is 2.36. The minimum absolute atomic E-state index is 0.113. The molecule has 0 unspecified atom stereocenters. The molecule has 1 amide bonds. The molecule has 0 saturated heterocycles. The first kappa shape index (κ1) is 20.3. The number of benzene rings is 1. The number of carbonyl (C=O) groups excluding carboxylic acids is 1. The topological polar surface area (TPSA) is 63.2 Å². The van der Waals surface area contributed by atoms with Gasteiger partial charge in [0.05, 0.1) is 6.61 Å². The Kier molecular flexibility index (Phi) is 7.11. The van der Waals surface area contributed by atoms with Crippen molar-refractivity contribution in [3.05, 3.63) is 40.9 Å². The van der Waals surface area contributed by atoms with Gasteiger partial charge >= 0.3 is 0 Å². The second-order valence-corrected chi connectivity index (χ2v) is 8.15. The first-order valence-electron chi connectivity index (χ1n) is 8.50. The van der Waals surface area contributed by atoms with E-state index in [1.165, 1.54) is 16.9 Å². The highest BCUT2D eigenvalue weighted by Gasteiger charge is 2.28. The molecular formula is C19H25N3O2S2. The maximum Gasteiger partial charge on any atom is 0.231 e. The Morgan fingerprint density at radius 2 is 2.12 bits per heavy atom. The number of ether oxygens (including phenoxy) is 1. The molecule has 5 nitrogen and oxygen atoms in total. The summed E-state index contributed by atoms with van der Waals surface area (Å²) in [6.45, 7) is 8.46. The number of aryl methyl sites for hydroxylation is 2. The van der Waals surface area contributed by atoms with Gasteiger partial charge in [-0.15, -0.1) is 11.3 Å². The number of amides is 1. The predicted octanol–water partition coefficient (Wildman–Crippen LogP) is 4.46. The molecule has 1 aromatic heterocycles. The van der Waals surface area contributed by atoms with Crippen molar-refractivity contribution in [1.29, 1.82) is 0 Å². The SMILES string of the molecule is Cc1ccc(C)c(OCCCC(C)(C)C(=O)NC(=S)Nc2nccs2)c1. The maximum absolute atomic E-state index is 12.5. The average molecular weight is 392 g/mol. The van der Waals surface area contributed by atoms with Crippen LogP contribution in [0.5, 0.6) is 5.75 Å². The van der Waals surface area contributed by atoms with Crippen molar-refractivity contribution in [2.45, 2.75) is 40.5 Å². The van der Waals surface area contributed by atoms with Crippen molar-refractivity contribution in [3.63, 3.8) is 0 Å². The molecule has 0 fully saturated rings. The van der Waals surface area contributed by atoms with Gasteiger partial charge in [0, 0.05) is 17.0 Å². The van der Waals surface area contributed by atoms with Crippen molar-refractivity contribution >= 4 is 39.7 Å². The van der Waals surface area contributed by atoms with Gasteiger partial charge in [0.1, 0.15) is 5.75 Å². The van der Waals surface area contributed by atoms with Crippen molar-refractivity contribution < 1.29 is 9.53 Å². The standard InChI is InChI=1S/C19H25N3O2S2/c1-13-6-7-14(2)15(12-13)24-10-5-8-19(3,4)16(23)21-17(25)22-18-20-9-11-26-18/h6-7,9,11-12H,5,8,10H2,1-4H3,(H2,20,21,22,23,25). The highest BCUT2D eigenvalue weighted by molar-refractivity contribution is 7.80. The monoisotopic (exact) mass is 391 g/mol. The lowest BCUT2D eigenvalue weighted by molar-refractivity contribution is -0.128. The zero-order valence-corrected chi connectivity index (χ0v) is 17.2. The van der Waals surface area contributed by atoms with Crippen LogP contribution in [0.1, 0.15) is 37.8 Å². The molecule has 0 aliphatic heterocycles. The number of thiocarbonyl (C=S) groups is 1. The van der Waals surface area contributed by atoms with Gasteiger partial charge in [0.25, 0.3) is 0 Å². The summed E-state index contributed by atoms with van der Waals surface area (Å²) in [5.74, 6) is 0.791. The molecule has 2 aromatic rings.